The molecule has 4 rings (SSSR count). The van der Waals surface area contributed by atoms with Crippen LogP contribution in [0.15, 0.2) is 91.6 Å². The second-order valence-electron chi connectivity index (χ2n) is 6.61. The zero-order valence-corrected chi connectivity index (χ0v) is 18.2. The van der Waals surface area contributed by atoms with Crippen molar-refractivity contribution >= 4 is 37.3 Å². The summed E-state index contributed by atoms with van der Waals surface area (Å²) in [4.78, 5) is 4.19. The van der Waals surface area contributed by atoms with Crippen LogP contribution in [0.1, 0.15) is 5.56 Å². The van der Waals surface area contributed by atoms with Crippen molar-refractivity contribution in [2.75, 3.05) is 5.32 Å². The first-order valence-corrected chi connectivity index (χ1v) is 11.2. The number of aromatic nitrogens is 1. The number of hydrogen-bond acceptors (Lipinski definition) is 5. The Hall–Kier alpha value is -2.97. The Balaban J connectivity index is 1.83. The van der Waals surface area contributed by atoms with Crippen molar-refractivity contribution in [2.45, 2.75) is 16.8 Å². The summed E-state index contributed by atoms with van der Waals surface area (Å²) in [6, 6.07) is 19.1. The number of aryl methyl sites for hydroxylation is 1. The van der Waals surface area contributed by atoms with Gasteiger partial charge in [0, 0.05) is 15.7 Å². The van der Waals surface area contributed by atoms with E-state index in [2.05, 4.69) is 26.2 Å². The molecular formula is C22H16BrFN2O3S. The molecular weight excluding hydrogens is 471 g/mol. The molecule has 0 unspecified atom stereocenters. The maximum absolute atomic E-state index is 13.3. The Morgan fingerprint density at radius 1 is 0.933 bits per heavy atom. The van der Waals surface area contributed by atoms with Crippen molar-refractivity contribution < 1.29 is 17.2 Å². The fourth-order valence-electron chi connectivity index (χ4n) is 2.78. The number of benzene rings is 3. The zero-order chi connectivity index (χ0) is 21.3. The van der Waals surface area contributed by atoms with Gasteiger partial charge < -0.3 is 9.73 Å². The maximum Gasteiger partial charge on any atom is 0.238 e. The smallest absolute Gasteiger partial charge is 0.238 e. The zero-order valence-electron chi connectivity index (χ0n) is 15.8. The Morgan fingerprint density at radius 3 is 2.20 bits per heavy atom. The third kappa shape index (κ3) is 4.15. The minimum atomic E-state index is -4.05. The first-order valence-electron chi connectivity index (χ1n) is 8.94. The van der Waals surface area contributed by atoms with Crippen LogP contribution in [0.4, 0.5) is 16.0 Å². The van der Waals surface area contributed by atoms with Gasteiger partial charge in [-0.25, -0.2) is 12.8 Å². The van der Waals surface area contributed by atoms with Crippen LogP contribution in [0.25, 0.3) is 11.5 Å². The molecule has 0 aliphatic carbocycles. The van der Waals surface area contributed by atoms with Gasteiger partial charge in [-0.15, -0.1) is 0 Å². The summed E-state index contributed by atoms with van der Waals surface area (Å²) in [5.74, 6) is -0.387. The monoisotopic (exact) mass is 486 g/mol. The van der Waals surface area contributed by atoms with E-state index in [1.54, 1.807) is 24.3 Å². The van der Waals surface area contributed by atoms with E-state index in [0.29, 0.717) is 11.3 Å². The van der Waals surface area contributed by atoms with Crippen LogP contribution in [0.5, 0.6) is 0 Å². The molecule has 152 valence electrons. The average molecular weight is 487 g/mol. The summed E-state index contributed by atoms with van der Waals surface area (Å²) in [6.45, 7) is 1.95. The first-order chi connectivity index (χ1) is 14.3. The lowest BCUT2D eigenvalue weighted by atomic mass is 10.2. The number of anilines is 2. The number of nitrogens with one attached hydrogen (secondary N) is 1. The van der Waals surface area contributed by atoms with Crippen molar-refractivity contribution in [1.29, 1.82) is 0 Å². The van der Waals surface area contributed by atoms with E-state index in [1.165, 1.54) is 12.1 Å². The van der Waals surface area contributed by atoms with Crippen molar-refractivity contribution in [3.8, 4) is 11.5 Å². The third-order valence-electron chi connectivity index (χ3n) is 4.38. The molecule has 0 amide bonds. The predicted molar refractivity (Wildman–Crippen MR) is 116 cm³/mol. The number of rotatable bonds is 5. The molecule has 5 nitrogen and oxygen atoms in total. The van der Waals surface area contributed by atoms with Gasteiger partial charge >= 0.3 is 0 Å². The summed E-state index contributed by atoms with van der Waals surface area (Å²) in [6.07, 6.45) is 0. The highest BCUT2D eigenvalue weighted by Crippen LogP contribution is 2.34. The van der Waals surface area contributed by atoms with Crippen molar-refractivity contribution in [3.05, 3.63) is 88.6 Å². The second kappa shape index (κ2) is 8.04. The van der Waals surface area contributed by atoms with E-state index in [-0.39, 0.29) is 21.7 Å². The summed E-state index contributed by atoms with van der Waals surface area (Å²) in [5.41, 5.74) is 2.33. The van der Waals surface area contributed by atoms with Gasteiger partial charge in [0.15, 0.2) is 0 Å². The highest BCUT2D eigenvalue weighted by molar-refractivity contribution is 9.10. The van der Waals surface area contributed by atoms with Gasteiger partial charge in [-0.1, -0.05) is 33.6 Å². The van der Waals surface area contributed by atoms with Gasteiger partial charge in [0.05, 0.1) is 4.90 Å². The lowest BCUT2D eigenvalue weighted by Gasteiger charge is -2.06. The minimum absolute atomic E-state index is 0.0129. The molecule has 1 N–H and O–H groups in total. The van der Waals surface area contributed by atoms with Crippen LogP contribution in [-0.2, 0) is 9.84 Å². The van der Waals surface area contributed by atoms with Crippen molar-refractivity contribution in [3.63, 3.8) is 0 Å². The second-order valence-corrected chi connectivity index (χ2v) is 9.39. The number of nitrogens with zero attached hydrogens (tertiary/aromatic N) is 1. The Bertz CT molecular complexity index is 1280. The highest BCUT2D eigenvalue weighted by Gasteiger charge is 2.29. The van der Waals surface area contributed by atoms with E-state index >= 15 is 0 Å². The van der Waals surface area contributed by atoms with E-state index in [9.17, 15) is 12.8 Å². The van der Waals surface area contributed by atoms with Gasteiger partial charge in [-0.05, 0) is 67.6 Å². The van der Waals surface area contributed by atoms with Crippen LogP contribution in [0.3, 0.4) is 0 Å². The summed E-state index contributed by atoms with van der Waals surface area (Å²) < 4.78 is 46.4. The Morgan fingerprint density at radius 2 is 1.57 bits per heavy atom. The summed E-state index contributed by atoms with van der Waals surface area (Å²) in [7, 11) is -4.05. The largest absolute Gasteiger partial charge is 0.419 e. The third-order valence-corrected chi connectivity index (χ3v) is 6.58. The molecule has 4 aromatic rings. The van der Waals surface area contributed by atoms with Crippen LogP contribution >= 0.6 is 15.9 Å². The van der Waals surface area contributed by atoms with Crippen LogP contribution in [0.2, 0.25) is 0 Å². The molecule has 0 fully saturated rings. The van der Waals surface area contributed by atoms with Crippen LogP contribution in [0, 0.1) is 12.7 Å². The van der Waals surface area contributed by atoms with Crippen LogP contribution in [-0.4, -0.2) is 13.4 Å². The van der Waals surface area contributed by atoms with E-state index in [1.807, 2.05) is 31.2 Å². The molecule has 0 saturated heterocycles. The summed E-state index contributed by atoms with van der Waals surface area (Å²) in [5, 5.41) is 2.73. The Labute approximate surface area is 181 Å². The topological polar surface area (TPSA) is 72.2 Å². The lowest BCUT2D eigenvalue weighted by molar-refractivity contribution is 0.581. The van der Waals surface area contributed by atoms with Crippen LogP contribution < -0.4 is 5.32 Å². The lowest BCUT2D eigenvalue weighted by Crippen LogP contribution is -2.05. The first kappa shape index (κ1) is 20.3. The molecule has 0 aliphatic heterocycles. The molecule has 1 aromatic heterocycles. The minimum Gasteiger partial charge on any atom is -0.419 e. The number of sulfone groups is 1. The molecule has 30 heavy (non-hydrogen) atoms. The highest BCUT2D eigenvalue weighted by atomic mass is 79.9. The fraction of sp³-hybridized carbons (Fsp3) is 0.0455. The summed E-state index contributed by atoms with van der Waals surface area (Å²) >= 11 is 3.37. The van der Waals surface area contributed by atoms with Gasteiger partial charge in [0.2, 0.25) is 26.6 Å². The normalized spacial score (nSPS) is 11.4. The SMILES string of the molecule is Cc1ccc(Nc2oc(-c3ccc(Br)cc3)nc2S(=O)(=O)c2ccc(F)cc2)cc1. The van der Waals surface area contributed by atoms with Crippen molar-refractivity contribution in [1.82, 2.24) is 4.98 Å². The number of hydrogen-bond donors (Lipinski definition) is 1. The number of halogens is 2. The maximum atomic E-state index is 13.3. The molecule has 0 aliphatic rings. The fourth-order valence-corrected chi connectivity index (χ4v) is 4.30. The predicted octanol–water partition coefficient (Wildman–Crippen LogP) is 6.13. The molecule has 0 bridgehead atoms. The van der Waals surface area contributed by atoms with E-state index in [0.717, 1.165) is 22.2 Å². The molecule has 8 heteroatoms. The quantitative estimate of drug-likeness (QED) is 0.343. The van der Waals surface area contributed by atoms with Gasteiger partial charge in [0.25, 0.3) is 0 Å². The van der Waals surface area contributed by atoms with Crippen molar-refractivity contribution in [2.24, 2.45) is 0 Å². The molecule has 0 spiro atoms. The van der Waals surface area contributed by atoms with Gasteiger partial charge in [-0.2, -0.15) is 4.98 Å². The molecule has 0 atom stereocenters. The average Bonchev–Trinajstić information content (AvgIpc) is 3.15. The molecule has 1 heterocycles. The molecule has 0 saturated carbocycles. The molecule has 3 aromatic carbocycles. The van der Waals surface area contributed by atoms with E-state index < -0.39 is 15.7 Å². The number of oxazole rings is 1. The molecule has 0 radical (unpaired) electrons. The van der Waals surface area contributed by atoms with Gasteiger partial charge in [0.1, 0.15) is 5.82 Å². The van der Waals surface area contributed by atoms with E-state index in [4.69, 9.17) is 4.42 Å². The standard InChI is InChI=1S/C22H16BrFN2O3S/c1-14-2-10-18(11-3-14)25-21-22(30(27,28)19-12-8-17(24)9-13-19)26-20(29-21)15-4-6-16(23)7-5-15/h2-13,25H,1H3. The Kier molecular flexibility index (Phi) is 5.44. The van der Waals surface area contributed by atoms with Gasteiger partial charge in [-0.3, -0.25) is 0 Å².